The van der Waals surface area contributed by atoms with E-state index in [-0.39, 0.29) is 28.9 Å². The molecular formula is C17H18ClN3O3S. The molecule has 0 aliphatic carbocycles. The molecule has 3 rings (SSSR count). The minimum absolute atomic E-state index is 0.0965. The van der Waals surface area contributed by atoms with E-state index in [1.807, 2.05) is 6.92 Å². The Kier molecular flexibility index (Phi) is 5.08. The molecule has 0 radical (unpaired) electrons. The highest BCUT2D eigenvalue weighted by Crippen LogP contribution is 2.25. The van der Waals surface area contributed by atoms with Crippen LogP contribution in [-0.2, 0) is 10.0 Å². The fourth-order valence-electron chi connectivity index (χ4n) is 2.70. The van der Waals surface area contributed by atoms with Gasteiger partial charge in [0, 0.05) is 38.1 Å². The largest absolute Gasteiger partial charge is 0.336 e. The van der Waals surface area contributed by atoms with E-state index in [1.54, 1.807) is 41.4 Å². The number of rotatable bonds is 3. The molecule has 1 saturated heterocycles. The summed E-state index contributed by atoms with van der Waals surface area (Å²) in [5.74, 6) is -0.137. The molecular weight excluding hydrogens is 362 g/mol. The van der Waals surface area contributed by atoms with Gasteiger partial charge >= 0.3 is 0 Å². The van der Waals surface area contributed by atoms with E-state index in [9.17, 15) is 13.2 Å². The summed E-state index contributed by atoms with van der Waals surface area (Å²) in [7, 11) is -3.66. The Morgan fingerprint density at radius 1 is 1.08 bits per heavy atom. The van der Waals surface area contributed by atoms with Crippen LogP contribution in [0.1, 0.15) is 16.1 Å². The van der Waals surface area contributed by atoms with Crippen LogP contribution < -0.4 is 0 Å². The van der Waals surface area contributed by atoms with E-state index in [0.29, 0.717) is 18.7 Å². The van der Waals surface area contributed by atoms with E-state index < -0.39 is 10.0 Å². The highest BCUT2D eigenvalue weighted by molar-refractivity contribution is 7.89. The fourth-order valence-corrected chi connectivity index (χ4v) is 4.62. The topological polar surface area (TPSA) is 70.6 Å². The second-order valence-electron chi connectivity index (χ2n) is 5.81. The Labute approximate surface area is 152 Å². The average molecular weight is 380 g/mol. The van der Waals surface area contributed by atoms with Gasteiger partial charge in [-0.15, -0.1) is 0 Å². The first-order valence-electron chi connectivity index (χ1n) is 7.86. The van der Waals surface area contributed by atoms with Crippen LogP contribution in [0.4, 0.5) is 0 Å². The Morgan fingerprint density at radius 3 is 2.36 bits per heavy atom. The van der Waals surface area contributed by atoms with E-state index >= 15 is 0 Å². The second-order valence-corrected chi connectivity index (χ2v) is 8.13. The number of hydrogen-bond donors (Lipinski definition) is 0. The average Bonchev–Trinajstić information content (AvgIpc) is 2.62. The van der Waals surface area contributed by atoms with Gasteiger partial charge in [-0.25, -0.2) is 8.42 Å². The fraction of sp³-hybridized carbons (Fsp3) is 0.294. The molecule has 8 heteroatoms. The van der Waals surface area contributed by atoms with Gasteiger partial charge < -0.3 is 4.90 Å². The van der Waals surface area contributed by atoms with Gasteiger partial charge in [0.1, 0.15) is 4.90 Å². The maximum Gasteiger partial charge on any atom is 0.255 e. The van der Waals surface area contributed by atoms with Crippen molar-refractivity contribution in [2.24, 2.45) is 0 Å². The Morgan fingerprint density at radius 2 is 1.76 bits per heavy atom. The highest BCUT2D eigenvalue weighted by Gasteiger charge is 2.31. The third-order valence-electron chi connectivity index (χ3n) is 4.14. The van der Waals surface area contributed by atoms with Crippen molar-refractivity contribution in [2.75, 3.05) is 26.2 Å². The summed E-state index contributed by atoms with van der Waals surface area (Å²) >= 11 is 6.02. The van der Waals surface area contributed by atoms with Crippen LogP contribution in [0.25, 0.3) is 0 Å². The quantitative estimate of drug-likeness (QED) is 0.819. The molecule has 1 amide bonds. The van der Waals surface area contributed by atoms with Crippen molar-refractivity contribution in [3.63, 3.8) is 0 Å². The van der Waals surface area contributed by atoms with Crippen LogP contribution in [-0.4, -0.2) is 54.7 Å². The number of piperazine rings is 1. The minimum Gasteiger partial charge on any atom is -0.336 e. The summed E-state index contributed by atoms with van der Waals surface area (Å²) in [5, 5.41) is 0.201. The molecule has 1 aliphatic rings. The zero-order valence-electron chi connectivity index (χ0n) is 13.7. The first-order valence-corrected chi connectivity index (χ1v) is 9.68. The Bertz CT molecular complexity index is 876. The van der Waals surface area contributed by atoms with Gasteiger partial charge in [0.05, 0.1) is 10.6 Å². The Balaban J connectivity index is 1.70. The number of hydrogen-bond acceptors (Lipinski definition) is 4. The van der Waals surface area contributed by atoms with Crippen molar-refractivity contribution >= 4 is 27.5 Å². The molecule has 0 saturated carbocycles. The monoisotopic (exact) mass is 379 g/mol. The summed E-state index contributed by atoms with van der Waals surface area (Å²) in [5.41, 5.74) is 1.35. The minimum atomic E-state index is -3.66. The van der Waals surface area contributed by atoms with Crippen molar-refractivity contribution in [3.8, 4) is 0 Å². The molecule has 0 atom stereocenters. The third-order valence-corrected chi connectivity index (χ3v) is 6.54. The van der Waals surface area contributed by atoms with Gasteiger partial charge in [-0.05, 0) is 31.2 Å². The molecule has 132 valence electrons. The van der Waals surface area contributed by atoms with E-state index in [4.69, 9.17) is 11.6 Å². The molecule has 6 nitrogen and oxygen atoms in total. The SMILES string of the molecule is Cc1ccc(C(=O)N2CCN(S(=O)(=O)c3ccccc3Cl)CC2)cn1. The smallest absolute Gasteiger partial charge is 0.255 e. The lowest BCUT2D eigenvalue weighted by Gasteiger charge is -2.34. The van der Waals surface area contributed by atoms with E-state index in [0.717, 1.165) is 5.69 Å². The number of benzene rings is 1. The summed E-state index contributed by atoms with van der Waals surface area (Å²) in [4.78, 5) is 18.4. The molecule has 25 heavy (non-hydrogen) atoms. The van der Waals surface area contributed by atoms with Gasteiger partial charge in [0.15, 0.2) is 0 Å². The maximum absolute atomic E-state index is 12.7. The van der Waals surface area contributed by atoms with Gasteiger partial charge in [-0.2, -0.15) is 4.31 Å². The van der Waals surface area contributed by atoms with Crippen LogP contribution >= 0.6 is 11.6 Å². The van der Waals surface area contributed by atoms with E-state index in [2.05, 4.69) is 4.98 Å². The summed E-state index contributed by atoms with van der Waals surface area (Å²) in [6, 6.07) is 9.89. The summed E-state index contributed by atoms with van der Waals surface area (Å²) < 4.78 is 26.8. The standard InChI is InChI=1S/C17H18ClN3O3S/c1-13-6-7-14(12-19-13)17(22)20-8-10-21(11-9-20)25(23,24)16-5-3-2-4-15(16)18/h2-7,12H,8-11H2,1H3. The number of aromatic nitrogens is 1. The van der Waals surface area contributed by atoms with E-state index in [1.165, 1.54) is 10.4 Å². The predicted octanol–water partition coefficient (Wildman–Crippen LogP) is 2.19. The molecule has 1 fully saturated rings. The number of sulfonamides is 1. The maximum atomic E-state index is 12.7. The van der Waals surface area contributed by atoms with Crippen LogP contribution in [0.5, 0.6) is 0 Å². The predicted molar refractivity (Wildman–Crippen MR) is 95.1 cm³/mol. The molecule has 2 heterocycles. The van der Waals surface area contributed by atoms with Crippen LogP contribution in [0.15, 0.2) is 47.5 Å². The highest BCUT2D eigenvalue weighted by atomic mass is 35.5. The molecule has 0 spiro atoms. The van der Waals surface area contributed by atoms with Crippen molar-refractivity contribution in [2.45, 2.75) is 11.8 Å². The molecule has 1 aliphatic heterocycles. The molecule has 0 bridgehead atoms. The number of carbonyl (C=O) groups is 1. The number of carbonyl (C=O) groups excluding carboxylic acids is 1. The molecule has 0 unspecified atom stereocenters. The lowest BCUT2D eigenvalue weighted by molar-refractivity contribution is 0.0697. The number of pyridine rings is 1. The molecule has 0 N–H and O–H groups in total. The normalized spacial score (nSPS) is 16.0. The van der Waals surface area contributed by atoms with Crippen molar-refractivity contribution in [3.05, 3.63) is 58.9 Å². The Hall–Kier alpha value is -1.96. The van der Waals surface area contributed by atoms with Gasteiger partial charge in [-0.3, -0.25) is 9.78 Å². The van der Waals surface area contributed by atoms with Gasteiger partial charge in [-0.1, -0.05) is 23.7 Å². The summed E-state index contributed by atoms with van der Waals surface area (Å²) in [6.45, 7) is 2.98. The number of nitrogens with zero attached hydrogens (tertiary/aromatic N) is 3. The summed E-state index contributed by atoms with van der Waals surface area (Å²) in [6.07, 6.45) is 1.55. The van der Waals surface area contributed by atoms with Gasteiger partial charge in [0.2, 0.25) is 10.0 Å². The zero-order chi connectivity index (χ0) is 18.0. The number of aryl methyl sites for hydroxylation is 1. The third kappa shape index (κ3) is 3.68. The first kappa shape index (κ1) is 17.8. The number of amides is 1. The lowest BCUT2D eigenvalue weighted by Crippen LogP contribution is -2.50. The first-order chi connectivity index (χ1) is 11.9. The number of halogens is 1. The lowest BCUT2D eigenvalue weighted by atomic mass is 10.2. The van der Waals surface area contributed by atoms with Crippen molar-refractivity contribution < 1.29 is 13.2 Å². The zero-order valence-corrected chi connectivity index (χ0v) is 15.3. The van der Waals surface area contributed by atoms with Crippen molar-refractivity contribution in [1.82, 2.24) is 14.2 Å². The second kappa shape index (κ2) is 7.11. The van der Waals surface area contributed by atoms with Crippen LogP contribution in [0.2, 0.25) is 5.02 Å². The van der Waals surface area contributed by atoms with Gasteiger partial charge in [0.25, 0.3) is 5.91 Å². The molecule has 1 aromatic carbocycles. The van der Waals surface area contributed by atoms with Crippen molar-refractivity contribution in [1.29, 1.82) is 0 Å². The van der Waals surface area contributed by atoms with Crippen LogP contribution in [0.3, 0.4) is 0 Å². The molecule has 1 aromatic heterocycles. The van der Waals surface area contributed by atoms with Crippen LogP contribution in [0, 0.1) is 6.92 Å². The molecule has 2 aromatic rings.